The van der Waals surface area contributed by atoms with Crippen LogP contribution in [0.3, 0.4) is 0 Å². The SMILES string of the molecule is CCC(NC(=O)C1CCN(S(=O)(=O)c2ccc(C)cc2)CC1)c1ccc(OC)c(C)c1. The zero-order valence-electron chi connectivity index (χ0n) is 18.7. The molecule has 0 aliphatic carbocycles. The minimum atomic E-state index is -3.52. The highest BCUT2D eigenvalue weighted by atomic mass is 32.2. The van der Waals surface area contributed by atoms with Crippen molar-refractivity contribution in [1.29, 1.82) is 0 Å². The van der Waals surface area contributed by atoms with E-state index in [1.165, 1.54) is 4.31 Å². The average Bonchev–Trinajstić information content (AvgIpc) is 2.77. The van der Waals surface area contributed by atoms with Crippen LogP contribution in [-0.2, 0) is 14.8 Å². The predicted molar refractivity (Wildman–Crippen MR) is 122 cm³/mol. The minimum absolute atomic E-state index is 0.00675. The molecule has 0 spiro atoms. The molecular formula is C24H32N2O4S. The minimum Gasteiger partial charge on any atom is -0.496 e. The number of sulfonamides is 1. The Bertz CT molecular complexity index is 1010. The summed E-state index contributed by atoms with van der Waals surface area (Å²) in [5.74, 6) is 0.637. The summed E-state index contributed by atoms with van der Waals surface area (Å²) < 4.78 is 32.6. The van der Waals surface area contributed by atoms with Crippen LogP contribution < -0.4 is 10.1 Å². The summed E-state index contributed by atoms with van der Waals surface area (Å²) in [7, 11) is -1.87. The van der Waals surface area contributed by atoms with Crippen LogP contribution in [0.5, 0.6) is 5.75 Å². The molecule has 3 rings (SSSR count). The molecule has 0 saturated carbocycles. The van der Waals surface area contributed by atoms with Crippen molar-refractivity contribution < 1.29 is 17.9 Å². The molecule has 0 radical (unpaired) electrons. The van der Waals surface area contributed by atoms with Gasteiger partial charge >= 0.3 is 0 Å². The fraction of sp³-hybridized carbons (Fsp3) is 0.458. The molecule has 2 aromatic carbocycles. The summed E-state index contributed by atoms with van der Waals surface area (Å²) in [6, 6.07) is 12.8. The number of hydrogen-bond acceptors (Lipinski definition) is 4. The van der Waals surface area contributed by atoms with Crippen molar-refractivity contribution in [1.82, 2.24) is 9.62 Å². The summed E-state index contributed by atoms with van der Waals surface area (Å²) in [4.78, 5) is 13.2. The Kier molecular flexibility index (Phi) is 7.38. The van der Waals surface area contributed by atoms with Gasteiger partial charge < -0.3 is 10.1 Å². The van der Waals surface area contributed by atoms with E-state index in [4.69, 9.17) is 4.74 Å². The quantitative estimate of drug-likeness (QED) is 0.701. The number of hydrogen-bond donors (Lipinski definition) is 1. The Morgan fingerprint density at radius 3 is 2.32 bits per heavy atom. The topological polar surface area (TPSA) is 75.7 Å². The Hall–Kier alpha value is -2.38. The largest absolute Gasteiger partial charge is 0.496 e. The van der Waals surface area contributed by atoms with Gasteiger partial charge in [-0.1, -0.05) is 36.8 Å². The lowest BCUT2D eigenvalue weighted by molar-refractivity contribution is -0.126. The van der Waals surface area contributed by atoms with Crippen molar-refractivity contribution in [3.05, 3.63) is 59.2 Å². The molecule has 1 fully saturated rings. The molecule has 2 aromatic rings. The van der Waals surface area contributed by atoms with Gasteiger partial charge in [-0.2, -0.15) is 4.31 Å². The average molecular weight is 445 g/mol. The van der Waals surface area contributed by atoms with Crippen LogP contribution in [-0.4, -0.2) is 38.8 Å². The standard InChI is InChI=1S/C24H32N2O4S/c1-5-22(20-8-11-23(30-4)18(3)16-20)25-24(27)19-12-14-26(15-13-19)31(28,29)21-9-6-17(2)7-10-21/h6-11,16,19,22H,5,12-15H2,1-4H3,(H,25,27). The van der Waals surface area contributed by atoms with Crippen LogP contribution >= 0.6 is 0 Å². The maximum atomic E-state index is 12.9. The second kappa shape index (κ2) is 9.83. The van der Waals surface area contributed by atoms with Gasteiger partial charge in [-0.15, -0.1) is 0 Å². The van der Waals surface area contributed by atoms with Crippen molar-refractivity contribution in [2.24, 2.45) is 5.92 Å². The molecule has 1 unspecified atom stereocenters. The summed E-state index contributed by atoms with van der Waals surface area (Å²) >= 11 is 0. The molecule has 1 amide bonds. The first kappa shape index (κ1) is 23.3. The number of rotatable bonds is 7. The van der Waals surface area contributed by atoms with E-state index in [1.54, 1.807) is 31.4 Å². The van der Waals surface area contributed by atoms with Gasteiger partial charge in [-0.05, 0) is 62.4 Å². The predicted octanol–water partition coefficient (Wildman–Crippen LogP) is 3.98. The van der Waals surface area contributed by atoms with Crippen LogP contribution in [0.4, 0.5) is 0 Å². The van der Waals surface area contributed by atoms with Crippen molar-refractivity contribution in [2.45, 2.75) is 51.0 Å². The smallest absolute Gasteiger partial charge is 0.243 e. The molecule has 6 nitrogen and oxygen atoms in total. The number of amides is 1. The molecular weight excluding hydrogens is 412 g/mol. The lowest BCUT2D eigenvalue weighted by atomic mass is 9.95. The molecule has 31 heavy (non-hydrogen) atoms. The van der Waals surface area contributed by atoms with Crippen LogP contribution in [0.15, 0.2) is 47.4 Å². The second-order valence-electron chi connectivity index (χ2n) is 8.19. The van der Waals surface area contributed by atoms with E-state index in [0.717, 1.165) is 28.9 Å². The van der Waals surface area contributed by atoms with E-state index in [-0.39, 0.29) is 17.9 Å². The molecule has 1 saturated heterocycles. The van der Waals surface area contributed by atoms with E-state index in [9.17, 15) is 13.2 Å². The van der Waals surface area contributed by atoms with Crippen LogP contribution in [0.25, 0.3) is 0 Å². The number of benzene rings is 2. The summed E-state index contributed by atoms with van der Waals surface area (Å²) in [6.45, 7) is 6.67. The number of carbonyl (C=O) groups excluding carboxylic acids is 1. The molecule has 7 heteroatoms. The van der Waals surface area contributed by atoms with Gasteiger partial charge in [0.05, 0.1) is 18.0 Å². The number of nitrogens with one attached hydrogen (secondary N) is 1. The van der Waals surface area contributed by atoms with Gasteiger partial charge in [0.1, 0.15) is 5.75 Å². The van der Waals surface area contributed by atoms with Crippen LogP contribution in [0.1, 0.15) is 48.9 Å². The fourth-order valence-corrected chi connectivity index (χ4v) is 5.52. The third kappa shape index (κ3) is 5.28. The number of methoxy groups -OCH3 is 1. The third-order valence-corrected chi connectivity index (χ3v) is 7.94. The van der Waals surface area contributed by atoms with E-state index < -0.39 is 10.0 Å². The first-order valence-electron chi connectivity index (χ1n) is 10.8. The van der Waals surface area contributed by atoms with Gasteiger partial charge in [0.15, 0.2) is 0 Å². The van der Waals surface area contributed by atoms with Crippen molar-refractivity contribution in [2.75, 3.05) is 20.2 Å². The third-order valence-electron chi connectivity index (χ3n) is 6.03. The van der Waals surface area contributed by atoms with E-state index in [1.807, 2.05) is 39.0 Å². The van der Waals surface area contributed by atoms with Crippen molar-refractivity contribution in [3.63, 3.8) is 0 Å². The Labute approximate surface area is 185 Å². The van der Waals surface area contributed by atoms with Gasteiger partial charge in [0.2, 0.25) is 15.9 Å². The maximum Gasteiger partial charge on any atom is 0.243 e. The Morgan fingerprint density at radius 1 is 1.13 bits per heavy atom. The molecule has 1 aliphatic heterocycles. The normalized spacial score (nSPS) is 16.6. The van der Waals surface area contributed by atoms with Crippen molar-refractivity contribution >= 4 is 15.9 Å². The lowest BCUT2D eigenvalue weighted by Gasteiger charge is -2.31. The molecule has 1 N–H and O–H groups in total. The molecule has 1 atom stereocenters. The molecule has 1 heterocycles. The summed E-state index contributed by atoms with van der Waals surface area (Å²) in [5, 5.41) is 3.16. The number of aryl methyl sites for hydroxylation is 2. The first-order valence-corrected chi connectivity index (χ1v) is 12.2. The van der Waals surface area contributed by atoms with Crippen LogP contribution in [0, 0.1) is 19.8 Å². The van der Waals surface area contributed by atoms with Crippen molar-refractivity contribution in [3.8, 4) is 5.75 Å². The zero-order valence-corrected chi connectivity index (χ0v) is 19.5. The van der Waals surface area contributed by atoms with Gasteiger partial charge in [-0.3, -0.25) is 4.79 Å². The number of piperidine rings is 1. The van der Waals surface area contributed by atoms with Gasteiger partial charge in [0, 0.05) is 19.0 Å². The zero-order chi connectivity index (χ0) is 22.6. The van der Waals surface area contributed by atoms with E-state index >= 15 is 0 Å². The van der Waals surface area contributed by atoms with Gasteiger partial charge in [-0.25, -0.2) is 8.42 Å². The monoisotopic (exact) mass is 444 g/mol. The molecule has 1 aliphatic rings. The molecule has 0 bridgehead atoms. The molecule has 0 aromatic heterocycles. The highest BCUT2D eigenvalue weighted by Crippen LogP contribution is 2.27. The summed E-state index contributed by atoms with van der Waals surface area (Å²) in [6.07, 6.45) is 1.82. The Morgan fingerprint density at radius 2 is 1.77 bits per heavy atom. The highest BCUT2D eigenvalue weighted by Gasteiger charge is 2.32. The lowest BCUT2D eigenvalue weighted by Crippen LogP contribution is -2.43. The number of ether oxygens (including phenoxy) is 1. The summed E-state index contributed by atoms with van der Waals surface area (Å²) in [5.41, 5.74) is 3.10. The number of nitrogens with zero attached hydrogens (tertiary/aromatic N) is 1. The maximum absolute atomic E-state index is 12.9. The van der Waals surface area contributed by atoms with E-state index in [2.05, 4.69) is 5.32 Å². The van der Waals surface area contributed by atoms with Crippen LogP contribution in [0.2, 0.25) is 0 Å². The molecule has 168 valence electrons. The fourth-order valence-electron chi connectivity index (χ4n) is 4.05. The Balaban J connectivity index is 1.61. The van der Waals surface area contributed by atoms with Gasteiger partial charge in [0.25, 0.3) is 0 Å². The highest BCUT2D eigenvalue weighted by molar-refractivity contribution is 7.89. The first-order chi connectivity index (χ1) is 14.8. The number of carbonyl (C=O) groups is 1. The van der Waals surface area contributed by atoms with E-state index in [0.29, 0.717) is 30.8 Å². The second-order valence-corrected chi connectivity index (χ2v) is 10.1.